The van der Waals surface area contributed by atoms with E-state index in [4.69, 9.17) is 0 Å². The van der Waals surface area contributed by atoms with Crippen LogP contribution in [0.2, 0.25) is 0 Å². The Bertz CT molecular complexity index is 545. The molecule has 0 spiro atoms. The van der Waals surface area contributed by atoms with E-state index >= 15 is 0 Å². The molecule has 2 heteroatoms. The van der Waals surface area contributed by atoms with E-state index < -0.39 is 0 Å². The minimum atomic E-state index is 0.0369. The van der Waals surface area contributed by atoms with Crippen molar-refractivity contribution in [3.8, 4) is 0 Å². The lowest BCUT2D eigenvalue weighted by Crippen LogP contribution is -2.39. The highest BCUT2D eigenvalue weighted by Gasteiger charge is 2.41. The molecule has 4 atom stereocenters. The molecule has 2 bridgehead atoms. The number of carbonyl (C=O) groups excluding carboxylic acids is 1. The molecule has 0 radical (unpaired) electrons. The summed E-state index contributed by atoms with van der Waals surface area (Å²) >= 11 is 0. The minimum absolute atomic E-state index is 0.0369. The van der Waals surface area contributed by atoms with Gasteiger partial charge in [-0.05, 0) is 67.6 Å². The van der Waals surface area contributed by atoms with Gasteiger partial charge in [-0.25, -0.2) is 0 Å². The van der Waals surface area contributed by atoms with Gasteiger partial charge in [0.2, 0.25) is 5.91 Å². The van der Waals surface area contributed by atoms with E-state index in [9.17, 15) is 4.79 Å². The Morgan fingerprint density at radius 1 is 1.27 bits per heavy atom. The van der Waals surface area contributed by atoms with Gasteiger partial charge in [0.15, 0.2) is 0 Å². The van der Waals surface area contributed by atoms with Crippen molar-refractivity contribution in [3.05, 3.63) is 41.5 Å². The van der Waals surface area contributed by atoms with Crippen LogP contribution in [0.5, 0.6) is 0 Å². The standard InChI is InChI=1S/C20H27NO/c1-3-15-4-6-16(7-5-15)9-11-20(22)21-14(2)19-13-17-8-10-18(19)12-17/h4-7,9,11,14,17-19H,3,8,10,12-13H2,1-2H3,(H,21,22)/b11-9+/t14-,17-,18-,19-/m0/s1. The van der Waals surface area contributed by atoms with Gasteiger partial charge in [-0.1, -0.05) is 37.6 Å². The zero-order valence-corrected chi connectivity index (χ0v) is 13.7. The molecule has 118 valence electrons. The maximum Gasteiger partial charge on any atom is 0.244 e. The van der Waals surface area contributed by atoms with E-state index in [0.29, 0.717) is 12.0 Å². The Morgan fingerprint density at radius 3 is 2.64 bits per heavy atom. The second kappa shape index (κ2) is 6.68. The van der Waals surface area contributed by atoms with E-state index in [-0.39, 0.29) is 5.91 Å². The minimum Gasteiger partial charge on any atom is -0.350 e. The number of nitrogens with one attached hydrogen (secondary N) is 1. The second-order valence-corrected chi connectivity index (χ2v) is 7.06. The fourth-order valence-corrected chi connectivity index (χ4v) is 4.32. The van der Waals surface area contributed by atoms with Gasteiger partial charge in [0, 0.05) is 12.1 Å². The number of rotatable bonds is 5. The van der Waals surface area contributed by atoms with Crippen molar-refractivity contribution in [3.63, 3.8) is 0 Å². The van der Waals surface area contributed by atoms with E-state index in [2.05, 4.69) is 43.4 Å². The summed E-state index contributed by atoms with van der Waals surface area (Å²) in [6.07, 6.45) is 10.1. The molecule has 0 unspecified atom stereocenters. The number of carbonyl (C=O) groups is 1. The van der Waals surface area contributed by atoms with Crippen molar-refractivity contribution < 1.29 is 4.79 Å². The molecule has 1 aromatic carbocycles. The summed E-state index contributed by atoms with van der Waals surface area (Å²) in [6, 6.07) is 8.68. The van der Waals surface area contributed by atoms with Crippen molar-refractivity contribution in [2.24, 2.45) is 17.8 Å². The monoisotopic (exact) mass is 297 g/mol. The predicted molar refractivity (Wildman–Crippen MR) is 91.4 cm³/mol. The van der Waals surface area contributed by atoms with Crippen LogP contribution in [-0.4, -0.2) is 11.9 Å². The summed E-state index contributed by atoms with van der Waals surface area (Å²) in [6.45, 7) is 4.32. The van der Waals surface area contributed by atoms with Crippen molar-refractivity contribution in [1.29, 1.82) is 0 Å². The molecule has 2 aliphatic carbocycles. The first-order chi connectivity index (χ1) is 10.7. The molecule has 1 N–H and O–H groups in total. The van der Waals surface area contributed by atoms with Gasteiger partial charge >= 0.3 is 0 Å². The summed E-state index contributed by atoms with van der Waals surface area (Å²) in [5.41, 5.74) is 2.41. The summed E-state index contributed by atoms with van der Waals surface area (Å²) in [5.74, 6) is 2.52. The molecular weight excluding hydrogens is 270 g/mol. The number of aryl methyl sites for hydroxylation is 1. The predicted octanol–water partition coefficient (Wildman–Crippen LogP) is 4.20. The van der Waals surface area contributed by atoms with Gasteiger partial charge in [0.05, 0.1) is 0 Å². The number of amides is 1. The Morgan fingerprint density at radius 2 is 2.05 bits per heavy atom. The van der Waals surface area contributed by atoms with Gasteiger partial charge < -0.3 is 5.32 Å². The van der Waals surface area contributed by atoms with Crippen molar-refractivity contribution in [1.82, 2.24) is 5.32 Å². The molecule has 0 aliphatic heterocycles. The molecule has 0 heterocycles. The highest BCUT2D eigenvalue weighted by atomic mass is 16.1. The number of fused-ring (bicyclic) bond motifs is 2. The summed E-state index contributed by atoms with van der Waals surface area (Å²) in [7, 11) is 0. The summed E-state index contributed by atoms with van der Waals surface area (Å²) in [4.78, 5) is 12.1. The fraction of sp³-hybridized carbons (Fsp3) is 0.550. The smallest absolute Gasteiger partial charge is 0.244 e. The van der Waals surface area contributed by atoms with Gasteiger partial charge in [0.25, 0.3) is 0 Å². The van der Waals surface area contributed by atoms with Crippen molar-refractivity contribution >= 4 is 12.0 Å². The highest BCUT2D eigenvalue weighted by molar-refractivity contribution is 5.91. The number of hydrogen-bond acceptors (Lipinski definition) is 1. The number of benzene rings is 1. The van der Waals surface area contributed by atoms with Crippen LogP contribution in [0, 0.1) is 17.8 Å². The lowest BCUT2D eigenvalue weighted by molar-refractivity contribution is -0.117. The molecule has 0 saturated heterocycles. The molecule has 3 rings (SSSR count). The van der Waals surface area contributed by atoms with Crippen molar-refractivity contribution in [2.75, 3.05) is 0 Å². The average Bonchev–Trinajstić information content (AvgIpc) is 3.16. The third-order valence-corrected chi connectivity index (χ3v) is 5.62. The molecule has 2 fully saturated rings. The van der Waals surface area contributed by atoms with E-state index in [1.54, 1.807) is 6.08 Å². The van der Waals surface area contributed by atoms with Crippen LogP contribution in [0.4, 0.5) is 0 Å². The Kier molecular flexibility index (Phi) is 4.66. The third-order valence-electron chi connectivity index (χ3n) is 5.62. The molecule has 2 aliphatic rings. The maximum absolute atomic E-state index is 12.1. The lowest BCUT2D eigenvalue weighted by atomic mass is 9.84. The summed E-state index contributed by atoms with van der Waals surface area (Å²) < 4.78 is 0. The van der Waals surface area contributed by atoms with Crippen LogP contribution < -0.4 is 5.32 Å². The first kappa shape index (κ1) is 15.3. The first-order valence-electron chi connectivity index (χ1n) is 8.73. The zero-order valence-electron chi connectivity index (χ0n) is 13.7. The van der Waals surface area contributed by atoms with Crippen LogP contribution in [0.25, 0.3) is 6.08 Å². The molecule has 2 nitrogen and oxygen atoms in total. The summed E-state index contributed by atoms with van der Waals surface area (Å²) in [5, 5.41) is 3.17. The van der Waals surface area contributed by atoms with E-state index in [1.165, 1.54) is 31.2 Å². The Labute approximate surface area is 134 Å². The van der Waals surface area contributed by atoms with Crippen LogP contribution >= 0.6 is 0 Å². The van der Waals surface area contributed by atoms with Gasteiger partial charge in [-0.15, -0.1) is 0 Å². The molecule has 2 saturated carbocycles. The first-order valence-corrected chi connectivity index (χ1v) is 8.73. The topological polar surface area (TPSA) is 29.1 Å². The Hall–Kier alpha value is -1.57. The molecule has 22 heavy (non-hydrogen) atoms. The van der Waals surface area contributed by atoms with Crippen LogP contribution in [0.15, 0.2) is 30.3 Å². The fourth-order valence-electron chi connectivity index (χ4n) is 4.32. The zero-order chi connectivity index (χ0) is 15.5. The quantitative estimate of drug-likeness (QED) is 0.811. The SMILES string of the molecule is CCc1ccc(/C=C/C(=O)N[C@@H](C)[C@@H]2C[C@H]3CC[C@H]2C3)cc1. The average molecular weight is 297 g/mol. The van der Waals surface area contributed by atoms with E-state index in [0.717, 1.165) is 23.8 Å². The molecular formula is C20H27NO. The second-order valence-electron chi connectivity index (χ2n) is 7.06. The maximum atomic E-state index is 12.1. The van der Waals surface area contributed by atoms with Gasteiger partial charge in [-0.3, -0.25) is 4.79 Å². The lowest BCUT2D eigenvalue weighted by Gasteiger charge is -2.28. The number of hydrogen-bond donors (Lipinski definition) is 1. The third kappa shape index (κ3) is 3.43. The van der Waals surface area contributed by atoms with Crippen LogP contribution in [-0.2, 0) is 11.2 Å². The van der Waals surface area contributed by atoms with Crippen LogP contribution in [0.1, 0.15) is 50.7 Å². The Balaban J connectivity index is 1.52. The highest BCUT2D eigenvalue weighted by Crippen LogP contribution is 2.49. The molecule has 1 aromatic rings. The molecule has 0 aromatic heterocycles. The molecule has 1 amide bonds. The van der Waals surface area contributed by atoms with Crippen molar-refractivity contribution in [2.45, 2.75) is 52.0 Å². The van der Waals surface area contributed by atoms with E-state index in [1.807, 2.05) is 6.08 Å². The van der Waals surface area contributed by atoms with Gasteiger partial charge in [0.1, 0.15) is 0 Å². The van der Waals surface area contributed by atoms with Gasteiger partial charge in [-0.2, -0.15) is 0 Å². The normalized spacial score (nSPS) is 28.2. The largest absolute Gasteiger partial charge is 0.350 e. The van der Waals surface area contributed by atoms with Crippen LogP contribution in [0.3, 0.4) is 0 Å².